The lowest BCUT2D eigenvalue weighted by Gasteiger charge is -2.15. The Hall–Kier alpha value is -1.85. The van der Waals surface area contributed by atoms with Crippen molar-refractivity contribution >= 4 is 10.9 Å². The zero-order valence-corrected chi connectivity index (χ0v) is 9.24. The van der Waals surface area contributed by atoms with Gasteiger partial charge in [-0.05, 0) is 18.7 Å². The van der Waals surface area contributed by atoms with Crippen molar-refractivity contribution in [1.82, 2.24) is 4.73 Å². The number of aliphatic hydroxyl groups is 1. The van der Waals surface area contributed by atoms with Crippen molar-refractivity contribution in [2.24, 2.45) is 5.73 Å². The van der Waals surface area contributed by atoms with Crippen LogP contribution in [0.4, 0.5) is 0 Å². The average Bonchev–Trinajstić information content (AvgIpc) is 2.33. The number of aromatic nitrogens is 1. The maximum absolute atomic E-state index is 11.7. The van der Waals surface area contributed by atoms with Gasteiger partial charge in [0.25, 0.3) is 5.56 Å². The number of benzene rings is 1. The molecule has 2 rings (SSSR count). The lowest BCUT2D eigenvalue weighted by atomic mass is 10.2. The van der Waals surface area contributed by atoms with E-state index in [0.717, 1.165) is 10.1 Å². The quantitative estimate of drug-likeness (QED) is 0.735. The zero-order valence-electron chi connectivity index (χ0n) is 9.24. The van der Waals surface area contributed by atoms with Crippen molar-refractivity contribution in [2.45, 2.75) is 12.7 Å². The molecule has 1 aromatic carbocycles. The lowest BCUT2D eigenvalue weighted by molar-refractivity contribution is -0.105. The van der Waals surface area contributed by atoms with Crippen LogP contribution in [0.1, 0.15) is 6.42 Å². The molecule has 0 aliphatic carbocycles. The molecule has 3 N–H and O–H groups in total. The summed E-state index contributed by atoms with van der Waals surface area (Å²) in [7, 11) is 0. The second-order valence-electron chi connectivity index (χ2n) is 3.66. The van der Waals surface area contributed by atoms with Crippen LogP contribution in [0.2, 0.25) is 0 Å². The van der Waals surface area contributed by atoms with E-state index in [0.29, 0.717) is 12.1 Å². The van der Waals surface area contributed by atoms with E-state index in [1.165, 1.54) is 6.07 Å². The molecule has 0 aliphatic rings. The summed E-state index contributed by atoms with van der Waals surface area (Å²) in [6.45, 7) is 0.292. The number of aliphatic hydroxyl groups excluding tert-OH is 1. The predicted octanol–water partition coefficient (Wildman–Crippen LogP) is 0.0973. The van der Waals surface area contributed by atoms with Gasteiger partial charge in [0.1, 0.15) is 0 Å². The molecule has 90 valence electrons. The monoisotopic (exact) mass is 234 g/mol. The van der Waals surface area contributed by atoms with Gasteiger partial charge in [-0.1, -0.05) is 18.2 Å². The van der Waals surface area contributed by atoms with Crippen LogP contribution in [0.5, 0.6) is 0 Å². The Labute approximate surface area is 98.0 Å². The molecule has 0 fully saturated rings. The predicted molar refractivity (Wildman–Crippen MR) is 64.5 cm³/mol. The van der Waals surface area contributed by atoms with Gasteiger partial charge in [-0.25, -0.2) is 0 Å². The first kappa shape index (κ1) is 11.6. The molecule has 1 aromatic heterocycles. The molecule has 0 bridgehead atoms. The van der Waals surface area contributed by atoms with Gasteiger partial charge in [0.2, 0.25) is 6.29 Å². The van der Waals surface area contributed by atoms with Crippen molar-refractivity contribution in [2.75, 3.05) is 6.54 Å². The summed E-state index contributed by atoms with van der Waals surface area (Å²) in [4.78, 5) is 16.8. The van der Waals surface area contributed by atoms with Crippen LogP contribution >= 0.6 is 0 Å². The lowest BCUT2D eigenvalue weighted by Crippen LogP contribution is -2.34. The summed E-state index contributed by atoms with van der Waals surface area (Å²) in [5.74, 6) is 0. The molecule has 0 spiro atoms. The molecule has 0 radical (unpaired) electrons. The van der Waals surface area contributed by atoms with Crippen LogP contribution in [0, 0.1) is 0 Å². The molecular formula is C12H14N2O3. The van der Waals surface area contributed by atoms with Gasteiger partial charge in [0, 0.05) is 17.9 Å². The van der Waals surface area contributed by atoms with Crippen molar-refractivity contribution < 1.29 is 9.94 Å². The van der Waals surface area contributed by atoms with Gasteiger partial charge >= 0.3 is 0 Å². The van der Waals surface area contributed by atoms with Crippen LogP contribution in [0.15, 0.2) is 41.2 Å². The van der Waals surface area contributed by atoms with Gasteiger partial charge in [0.05, 0.1) is 5.52 Å². The Morgan fingerprint density at radius 3 is 2.82 bits per heavy atom. The van der Waals surface area contributed by atoms with Crippen molar-refractivity contribution in [3.63, 3.8) is 0 Å². The molecule has 0 saturated heterocycles. The number of para-hydroxylation sites is 1. The number of pyridine rings is 1. The highest BCUT2D eigenvalue weighted by Crippen LogP contribution is 2.10. The van der Waals surface area contributed by atoms with Crippen LogP contribution < -0.4 is 16.1 Å². The molecule has 1 atom stereocenters. The first-order chi connectivity index (χ1) is 8.22. The van der Waals surface area contributed by atoms with E-state index in [1.807, 2.05) is 12.1 Å². The fraction of sp³-hybridized carbons (Fsp3) is 0.250. The van der Waals surface area contributed by atoms with E-state index < -0.39 is 6.29 Å². The zero-order chi connectivity index (χ0) is 12.3. The van der Waals surface area contributed by atoms with Crippen molar-refractivity contribution in [1.29, 1.82) is 0 Å². The summed E-state index contributed by atoms with van der Waals surface area (Å²) < 4.78 is 1.09. The normalized spacial score (nSPS) is 12.6. The van der Waals surface area contributed by atoms with Gasteiger partial charge in [0.15, 0.2) is 0 Å². The summed E-state index contributed by atoms with van der Waals surface area (Å²) >= 11 is 0. The van der Waals surface area contributed by atoms with Gasteiger partial charge in [-0.3, -0.25) is 4.79 Å². The number of nitrogens with two attached hydrogens (primary N) is 1. The Morgan fingerprint density at radius 1 is 1.29 bits per heavy atom. The molecule has 1 heterocycles. The van der Waals surface area contributed by atoms with E-state index in [1.54, 1.807) is 18.2 Å². The minimum Gasteiger partial charge on any atom is -0.378 e. The highest BCUT2D eigenvalue weighted by atomic mass is 16.7. The number of hydrogen-bond donors (Lipinski definition) is 2. The van der Waals surface area contributed by atoms with E-state index >= 15 is 0 Å². The van der Waals surface area contributed by atoms with E-state index in [4.69, 9.17) is 10.6 Å². The third-order valence-corrected chi connectivity index (χ3v) is 2.40. The number of rotatable bonds is 4. The third kappa shape index (κ3) is 2.46. The molecule has 0 aliphatic heterocycles. The maximum atomic E-state index is 11.7. The number of fused-ring (bicyclic) bond motifs is 1. The summed E-state index contributed by atoms with van der Waals surface area (Å²) in [6.07, 6.45) is -0.807. The Morgan fingerprint density at radius 2 is 2.06 bits per heavy atom. The highest BCUT2D eigenvalue weighted by Gasteiger charge is 2.08. The summed E-state index contributed by atoms with van der Waals surface area (Å²) in [5, 5.41) is 10.4. The highest BCUT2D eigenvalue weighted by molar-refractivity contribution is 5.78. The maximum Gasteiger partial charge on any atom is 0.283 e. The van der Waals surface area contributed by atoms with Crippen molar-refractivity contribution in [3.05, 3.63) is 46.8 Å². The molecule has 2 aromatic rings. The third-order valence-electron chi connectivity index (χ3n) is 2.40. The molecule has 5 heteroatoms. The first-order valence-corrected chi connectivity index (χ1v) is 5.38. The SMILES string of the molecule is NCCC(O)On1c(=O)ccc2ccccc21. The standard InChI is InChI=1S/C12H14N2O3/c13-8-7-12(16)17-14-10-4-2-1-3-9(10)5-6-11(14)15/h1-6,12,16H,7-8,13H2. The van der Waals surface area contributed by atoms with Gasteiger partial charge in [-0.2, -0.15) is 0 Å². The Balaban J connectivity index is 2.44. The molecule has 17 heavy (non-hydrogen) atoms. The number of nitrogens with zero attached hydrogens (tertiary/aromatic N) is 1. The van der Waals surface area contributed by atoms with Gasteiger partial charge in [-0.15, -0.1) is 4.73 Å². The smallest absolute Gasteiger partial charge is 0.283 e. The van der Waals surface area contributed by atoms with Crippen molar-refractivity contribution in [3.8, 4) is 0 Å². The topological polar surface area (TPSA) is 77.5 Å². The Bertz CT molecular complexity index is 565. The average molecular weight is 234 g/mol. The van der Waals surface area contributed by atoms with Crippen LogP contribution in [-0.4, -0.2) is 22.7 Å². The fourth-order valence-corrected chi connectivity index (χ4v) is 1.59. The summed E-state index contributed by atoms with van der Waals surface area (Å²) in [6, 6.07) is 10.4. The van der Waals surface area contributed by atoms with E-state index in [-0.39, 0.29) is 12.0 Å². The Kier molecular flexibility index (Phi) is 3.41. The molecule has 5 nitrogen and oxygen atoms in total. The van der Waals surface area contributed by atoms with Gasteiger partial charge < -0.3 is 15.7 Å². The molecule has 0 amide bonds. The summed E-state index contributed by atoms with van der Waals surface area (Å²) in [5.41, 5.74) is 5.61. The van der Waals surface area contributed by atoms with Crippen LogP contribution in [0.3, 0.4) is 0 Å². The fourth-order valence-electron chi connectivity index (χ4n) is 1.59. The minimum absolute atomic E-state index is 0.273. The molecule has 0 saturated carbocycles. The largest absolute Gasteiger partial charge is 0.378 e. The second kappa shape index (κ2) is 4.99. The molecular weight excluding hydrogens is 220 g/mol. The minimum atomic E-state index is -1.08. The number of hydrogen-bond acceptors (Lipinski definition) is 4. The van der Waals surface area contributed by atoms with Crippen LogP contribution in [-0.2, 0) is 0 Å². The molecule has 1 unspecified atom stereocenters. The second-order valence-corrected chi connectivity index (χ2v) is 3.66. The van der Waals surface area contributed by atoms with E-state index in [2.05, 4.69) is 0 Å². The van der Waals surface area contributed by atoms with E-state index in [9.17, 15) is 9.90 Å². The first-order valence-electron chi connectivity index (χ1n) is 5.38. The van der Waals surface area contributed by atoms with Crippen LogP contribution in [0.25, 0.3) is 10.9 Å².